The zero-order valence-electron chi connectivity index (χ0n) is 11.5. The third kappa shape index (κ3) is 3.37. The van der Waals surface area contributed by atoms with Crippen LogP contribution in [-0.2, 0) is 12.8 Å². The van der Waals surface area contributed by atoms with Crippen molar-refractivity contribution in [1.29, 1.82) is 0 Å². The lowest BCUT2D eigenvalue weighted by Gasteiger charge is -2.15. The van der Waals surface area contributed by atoms with Crippen molar-refractivity contribution in [3.05, 3.63) is 68.3 Å². The average molecular weight is 365 g/mol. The van der Waals surface area contributed by atoms with Gasteiger partial charge in [-0.25, -0.2) is 0 Å². The molecular weight excluding hydrogens is 345 g/mol. The average Bonchev–Trinajstić information content (AvgIpc) is 2.46. The van der Waals surface area contributed by atoms with Crippen LogP contribution >= 0.6 is 22.6 Å². The topological polar surface area (TPSA) is 26.0 Å². The summed E-state index contributed by atoms with van der Waals surface area (Å²) < 4.78 is 1.24. The SMILES string of the molecule is CCc1ccc(C(N)c2ccc(I)cc2)cc1CC. The van der Waals surface area contributed by atoms with Gasteiger partial charge in [0.15, 0.2) is 0 Å². The molecule has 19 heavy (non-hydrogen) atoms. The minimum atomic E-state index is -0.0341. The second-order valence-electron chi connectivity index (χ2n) is 4.76. The predicted molar refractivity (Wildman–Crippen MR) is 90.4 cm³/mol. The molecule has 0 spiro atoms. The Morgan fingerprint density at radius 3 is 2.05 bits per heavy atom. The number of halogens is 1. The van der Waals surface area contributed by atoms with Gasteiger partial charge in [-0.15, -0.1) is 0 Å². The molecule has 0 heterocycles. The predicted octanol–water partition coefficient (Wildman–Crippen LogP) is 4.46. The summed E-state index contributed by atoms with van der Waals surface area (Å²) in [5.41, 5.74) is 11.6. The number of hydrogen-bond donors (Lipinski definition) is 1. The van der Waals surface area contributed by atoms with E-state index in [9.17, 15) is 0 Å². The molecule has 0 saturated heterocycles. The molecule has 1 atom stereocenters. The van der Waals surface area contributed by atoms with Crippen molar-refractivity contribution in [2.24, 2.45) is 5.73 Å². The van der Waals surface area contributed by atoms with E-state index in [1.807, 2.05) is 0 Å². The lowest BCUT2D eigenvalue weighted by atomic mass is 9.94. The monoisotopic (exact) mass is 365 g/mol. The Morgan fingerprint density at radius 2 is 1.47 bits per heavy atom. The van der Waals surface area contributed by atoms with Gasteiger partial charge in [0.2, 0.25) is 0 Å². The number of nitrogens with two attached hydrogens (primary N) is 1. The van der Waals surface area contributed by atoms with E-state index in [1.54, 1.807) is 0 Å². The highest BCUT2D eigenvalue weighted by molar-refractivity contribution is 14.1. The maximum atomic E-state index is 6.38. The molecule has 0 aromatic heterocycles. The molecular formula is C17H20IN. The molecule has 0 bridgehead atoms. The van der Waals surface area contributed by atoms with Crippen LogP contribution in [0, 0.1) is 3.57 Å². The Hall–Kier alpha value is -0.870. The summed E-state index contributed by atoms with van der Waals surface area (Å²) >= 11 is 2.31. The first kappa shape index (κ1) is 14.5. The van der Waals surface area contributed by atoms with Gasteiger partial charge in [-0.2, -0.15) is 0 Å². The molecule has 2 N–H and O–H groups in total. The Labute approximate surface area is 129 Å². The van der Waals surface area contributed by atoms with Crippen LogP contribution in [0.25, 0.3) is 0 Å². The summed E-state index contributed by atoms with van der Waals surface area (Å²) in [6, 6.07) is 15.1. The van der Waals surface area contributed by atoms with Gasteiger partial charge in [-0.3, -0.25) is 0 Å². The molecule has 1 unspecified atom stereocenters. The van der Waals surface area contributed by atoms with Gasteiger partial charge in [0.1, 0.15) is 0 Å². The van der Waals surface area contributed by atoms with Crippen LogP contribution in [0.1, 0.15) is 42.1 Å². The van der Waals surface area contributed by atoms with Crippen molar-refractivity contribution < 1.29 is 0 Å². The number of hydrogen-bond acceptors (Lipinski definition) is 1. The highest BCUT2D eigenvalue weighted by Crippen LogP contribution is 2.23. The minimum absolute atomic E-state index is 0.0341. The highest BCUT2D eigenvalue weighted by Gasteiger charge is 2.10. The minimum Gasteiger partial charge on any atom is -0.320 e. The van der Waals surface area contributed by atoms with Crippen molar-refractivity contribution in [3.63, 3.8) is 0 Å². The molecule has 2 heteroatoms. The van der Waals surface area contributed by atoms with E-state index >= 15 is 0 Å². The lowest BCUT2D eigenvalue weighted by Crippen LogP contribution is -2.12. The van der Waals surface area contributed by atoms with E-state index < -0.39 is 0 Å². The van der Waals surface area contributed by atoms with Crippen LogP contribution in [0.15, 0.2) is 42.5 Å². The van der Waals surface area contributed by atoms with Crippen molar-refractivity contribution in [1.82, 2.24) is 0 Å². The van der Waals surface area contributed by atoms with Crippen molar-refractivity contribution in [2.75, 3.05) is 0 Å². The van der Waals surface area contributed by atoms with Crippen molar-refractivity contribution >= 4 is 22.6 Å². The lowest BCUT2D eigenvalue weighted by molar-refractivity contribution is 0.863. The van der Waals surface area contributed by atoms with Crippen LogP contribution in [-0.4, -0.2) is 0 Å². The molecule has 0 aliphatic rings. The van der Waals surface area contributed by atoms with Crippen molar-refractivity contribution in [2.45, 2.75) is 32.7 Å². The van der Waals surface area contributed by atoms with Crippen LogP contribution in [0.4, 0.5) is 0 Å². The quantitative estimate of drug-likeness (QED) is 0.796. The smallest absolute Gasteiger partial charge is 0.0551 e. The molecule has 0 aliphatic carbocycles. The summed E-state index contributed by atoms with van der Waals surface area (Å²) in [6.07, 6.45) is 2.15. The molecule has 1 nitrogen and oxygen atoms in total. The summed E-state index contributed by atoms with van der Waals surface area (Å²) in [7, 11) is 0. The molecule has 0 saturated carbocycles. The molecule has 0 amide bonds. The van der Waals surface area contributed by atoms with Gasteiger partial charge >= 0.3 is 0 Å². The Morgan fingerprint density at radius 1 is 0.895 bits per heavy atom. The third-order valence-electron chi connectivity index (χ3n) is 3.58. The molecule has 100 valence electrons. The maximum Gasteiger partial charge on any atom is 0.0551 e. The van der Waals surface area contributed by atoms with Crippen molar-refractivity contribution in [3.8, 4) is 0 Å². The summed E-state index contributed by atoms with van der Waals surface area (Å²) in [5, 5.41) is 0. The molecule has 2 rings (SSSR count). The fourth-order valence-electron chi connectivity index (χ4n) is 2.38. The number of rotatable bonds is 4. The van der Waals surface area contributed by atoms with E-state index in [0.717, 1.165) is 12.8 Å². The summed E-state index contributed by atoms with van der Waals surface area (Å²) in [4.78, 5) is 0. The van der Waals surface area contributed by atoms with E-state index in [2.05, 4.69) is 78.9 Å². The molecule has 0 radical (unpaired) electrons. The largest absolute Gasteiger partial charge is 0.320 e. The van der Waals surface area contributed by atoms with Gasteiger partial charge in [0.25, 0.3) is 0 Å². The van der Waals surface area contributed by atoms with Gasteiger partial charge in [-0.05, 0) is 69.8 Å². The second kappa shape index (κ2) is 6.53. The van der Waals surface area contributed by atoms with E-state index in [0.29, 0.717) is 0 Å². The van der Waals surface area contributed by atoms with Gasteiger partial charge in [-0.1, -0.05) is 44.2 Å². The third-order valence-corrected chi connectivity index (χ3v) is 4.30. The summed E-state index contributed by atoms with van der Waals surface area (Å²) in [6.45, 7) is 4.40. The number of aryl methyl sites for hydroxylation is 2. The molecule has 0 aliphatic heterocycles. The number of benzene rings is 2. The Kier molecular flexibility index (Phi) is 4.99. The van der Waals surface area contributed by atoms with Crippen LogP contribution in [0.3, 0.4) is 0 Å². The van der Waals surface area contributed by atoms with Gasteiger partial charge < -0.3 is 5.73 Å². The maximum absolute atomic E-state index is 6.38. The normalized spacial score (nSPS) is 12.4. The summed E-state index contributed by atoms with van der Waals surface area (Å²) in [5.74, 6) is 0. The first-order valence-corrected chi connectivity index (χ1v) is 7.86. The fraction of sp³-hybridized carbons (Fsp3) is 0.294. The van der Waals surface area contributed by atoms with E-state index in [1.165, 1.54) is 25.8 Å². The Bertz CT molecular complexity index is 546. The highest BCUT2D eigenvalue weighted by atomic mass is 127. The molecule has 0 fully saturated rings. The van der Waals surface area contributed by atoms with Crippen LogP contribution < -0.4 is 5.73 Å². The van der Waals surface area contributed by atoms with Crippen LogP contribution in [0.2, 0.25) is 0 Å². The van der Waals surface area contributed by atoms with Gasteiger partial charge in [0, 0.05) is 3.57 Å². The first-order valence-electron chi connectivity index (χ1n) is 6.78. The molecule has 2 aromatic rings. The zero-order chi connectivity index (χ0) is 13.8. The van der Waals surface area contributed by atoms with Gasteiger partial charge in [0.05, 0.1) is 6.04 Å². The van der Waals surface area contributed by atoms with Crippen LogP contribution in [0.5, 0.6) is 0 Å². The van der Waals surface area contributed by atoms with E-state index in [-0.39, 0.29) is 6.04 Å². The zero-order valence-corrected chi connectivity index (χ0v) is 13.6. The first-order chi connectivity index (χ1) is 9.15. The fourth-order valence-corrected chi connectivity index (χ4v) is 2.74. The Balaban J connectivity index is 2.33. The molecule has 2 aromatic carbocycles. The standard InChI is InChI=1S/C17H20IN/c1-3-12-5-6-15(11-13(12)4-2)17(19)14-7-9-16(18)10-8-14/h5-11,17H,3-4,19H2,1-2H3. The second-order valence-corrected chi connectivity index (χ2v) is 6.01. The van der Waals surface area contributed by atoms with E-state index in [4.69, 9.17) is 5.73 Å².